The zero-order chi connectivity index (χ0) is 6.95. The molecule has 0 amide bonds. The first-order valence-corrected chi connectivity index (χ1v) is 2.01. The van der Waals surface area contributed by atoms with Crippen molar-refractivity contribution >= 4 is 0 Å². The van der Waals surface area contributed by atoms with Crippen LogP contribution in [0.4, 0.5) is 0 Å². The van der Waals surface area contributed by atoms with Gasteiger partial charge in [-0.1, -0.05) is 0 Å². The van der Waals surface area contributed by atoms with Crippen molar-refractivity contribution in [2.24, 2.45) is 0 Å². The fourth-order valence-electron chi connectivity index (χ4n) is 0.205. The molecule has 0 saturated carbocycles. The molecule has 0 aromatic carbocycles. The van der Waals surface area contributed by atoms with Crippen LogP contribution in [0.3, 0.4) is 0 Å². The minimum atomic E-state index is 1.58. The monoisotopic (exact) mass is 124 g/mol. The van der Waals surface area contributed by atoms with E-state index in [1.165, 1.54) is 0 Å². The molecule has 0 aliphatic heterocycles. The fraction of sp³-hybridized carbons (Fsp3) is 0. The standard InChI is InChI=1S/C3H3N3.HN3/c1-2-4-6-5-3-1;1-3-2/h1-3H;1H. The van der Waals surface area contributed by atoms with Gasteiger partial charge in [0.05, 0.1) is 12.4 Å². The largest absolute Gasteiger partial charge is 0.139 e. The molecule has 1 N–H and O–H groups in total. The average Bonchev–Trinajstić information content (AvgIpc) is 1.93. The maximum Gasteiger partial charge on any atom is 0.0529 e. The van der Waals surface area contributed by atoms with E-state index in [9.17, 15) is 0 Å². The summed E-state index contributed by atoms with van der Waals surface area (Å²) in [6, 6.07) is 1.72. The van der Waals surface area contributed by atoms with Gasteiger partial charge >= 0.3 is 0 Å². The van der Waals surface area contributed by atoms with E-state index in [0.29, 0.717) is 0 Å². The summed E-state index contributed by atoms with van der Waals surface area (Å²) in [6.45, 7) is 0. The number of hydrogen-bond donors (Lipinski definition) is 1. The average molecular weight is 124 g/mol. The van der Waals surface area contributed by atoms with Crippen molar-refractivity contribution in [1.82, 2.24) is 15.4 Å². The minimum absolute atomic E-state index is 1.58. The van der Waals surface area contributed by atoms with Gasteiger partial charge in [0, 0.05) is 0 Å². The molecule has 0 spiro atoms. The number of aromatic nitrogens is 3. The summed E-state index contributed by atoms with van der Waals surface area (Å²) < 4.78 is 0. The van der Waals surface area contributed by atoms with E-state index < -0.39 is 0 Å². The number of hydrogen-bond acceptors (Lipinski definition) is 4. The Hall–Kier alpha value is -1.68. The molecule has 1 heterocycles. The highest BCUT2D eigenvalue weighted by Crippen LogP contribution is 1.61. The van der Waals surface area contributed by atoms with Gasteiger partial charge in [-0.3, -0.25) is 0 Å². The van der Waals surface area contributed by atoms with E-state index in [2.05, 4.69) is 15.4 Å². The summed E-state index contributed by atoms with van der Waals surface area (Å²) in [7, 11) is 0. The summed E-state index contributed by atoms with van der Waals surface area (Å²) in [5, 5.41) is 10.1. The van der Waals surface area contributed by atoms with E-state index in [0.717, 1.165) is 0 Å². The van der Waals surface area contributed by atoms with Gasteiger partial charge in [-0.25, -0.2) is 0 Å². The molecule has 6 nitrogen and oxygen atoms in total. The Kier molecular flexibility index (Phi) is 5.14. The van der Waals surface area contributed by atoms with Gasteiger partial charge < -0.3 is 0 Å². The van der Waals surface area contributed by atoms with Crippen molar-refractivity contribution in [3.8, 4) is 0 Å². The first-order valence-electron chi connectivity index (χ1n) is 2.01. The van der Waals surface area contributed by atoms with Crippen LogP contribution in [-0.2, 0) is 0 Å². The molecule has 1 aromatic rings. The van der Waals surface area contributed by atoms with Crippen LogP contribution in [0.5, 0.6) is 0 Å². The zero-order valence-corrected chi connectivity index (χ0v) is 4.47. The molecule has 0 radical (unpaired) electrons. The van der Waals surface area contributed by atoms with Crippen LogP contribution in [0.1, 0.15) is 0 Å². The van der Waals surface area contributed by atoms with Crippen LogP contribution in [-0.4, -0.2) is 15.4 Å². The summed E-state index contributed by atoms with van der Waals surface area (Å²) in [6.07, 6.45) is 3.15. The Morgan fingerprint density at radius 1 is 1.33 bits per heavy atom. The molecule has 0 saturated heterocycles. The van der Waals surface area contributed by atoms with E-state index >= 15 is 0 Å². The van der Waals surface area contributed by atoms with Gasteiger partial charge in [0.25, 0.3) is 0 Å². The van der Waals surface area contributed by atoms with Gasteiger partial charge in [0.1, 0.15) is 0 Å². The molecule has 46 valence electrons. The van der Waals surface area contributed by atoms with Crippen molar-refractivity contribution < 1.29 is 0 Å². The fourth-order valence-corrected chi connectivity index (χ4v) is 0.205. The van der Waals surface area contributed by atoms with E-state index in [-0.39, 0.29) is 0 Å². The Morgan fingerprint density at radius 3 is 1.89 bits per heavy atom. The van der Waals surface area contributed by atoms with Crippen molar-refractivity contribution in [2.45, 2.75) is 0 Å². The second-order valence-electron chi connectivity index (χ2n) is 0.911. The predicted molar refractivity (Wildman–Crippen MR) is 29.3 cm³/mol. The minimum Gasteiger partial charge on any atom is -0.139 e. The van der Waals surface area contributed by atoms with Crippen LogP contribution in [0.2, 0.25) is 0 Å². The lowest BCUT2D eigenvalue weighted by Gasteiger charge is -1.68. The normalized spacial score (nSPS) is 6.22. The third kappa shape index (κ3) is 6.32. The molecule has 1 aromatic heterocycles. The maximum atomic E-state index is 6.86. The first-order chi connectivity index (χ1) is 4.41. The summed E-state index contributed by atoms with van der Waals surface area (Å²) in [5.74, 6) is 0. The highest BCUT2D eigenvalue weighted by atomic mass is 15.3. The van der Waals surface area contributed by atoms with Crippen LogP contribution < -0.4 is 0 Å². The molecule has 0 aliphatic carbocycles. The topological polar surface area (TPSA) is 98.9 Å². The quantitative estimate of drug-likeness (QED) is 0.313. The van der Waals surface area contributed by atoms with Crippen molar-refractivity contribution in [2.75, 3.05) is 0 Å². The van der Waals surface area contributed by atoms with Gasteiger partial charge in [0.15, 0.2) is 0 Å². The summed E-state index contributed by atoms with van der Waals surface area (Å²) >= 11 is 0. The molecular formula is C3H4N6. The molecule has 6 heteroatoms. The summed E-state index contributed by atoms with van der Waals surface area (Å²) in [5.41, 5.74) is 12.2. The highest BCUT2D eigenvalue weighted by Gasteiger charge is 1.60. The Bertz CT molecular complexity index is 138. The van der Waals surface area contributed by atoms with Crippen molar-refractivity contribution in [3.63, 3.8) is 0 Å². The predicted octanol–water partition coefficient (Wildman–Crippen LogP) is 0.747. The van der Waals surface area contributed by atoms with Gasteiger partial charge in [0.2, 0.25) is 0 Å². The van der Waals surface area contributed by atoms with Gasteiger partial charge in [-0.2, -0.15) is 0 Å². The molecule has 0 unspecified atom stereocenters. The molecule has 0 atom stereocenters. The molecule has 0 bridgehead atoms. The van der Waals surface area contributed by atoms with E-state index in [1.54, 1.807) is 23.4 Å². The smallest absolute Gasteiger partial charge is 0.0529 e. The Morgan fingerprint density at radius 2 is 1.78 bits per heavy atom. The van der Waals surface area contributed by atoms with E-state index in [1.807, 2.05) is 0 Å². The molecule has 0 fully saturated rings. The number of rotatable bonds is 0. The molecule has 0 aliphatic rings. The highest BCUT2D eigenvalue weighted by molar-refractivity contribution is 4.69. The third-order valence-electron chi connectivity index (χ3n) is 0.409. The lowest BCUT2D eigenvalue weighted by molar-refractivity contribution is 0.865. The molecule has 1 rings (SSSR count). The maximum absolute atomic E-state index is 6.86. The Balaban J connectivity index is 0.000000187. The number of nitrogens with one attached hydrogen (secondary N) is 1. The van der Waals surface area contributed by atoms with Crippen LogP contribution in [0.15, 0.2) is 18.5 Å². The van der Waals surface area contributed by atoms with Gasteiger partial charge in [-0.05, 0) is 21.7 Å². The van der Waals surface area contributed by atoms with Crippen LogP contribution in [0.25, 0.3) is 10.4 Å². The second kappa shape index (κ2) is 6.32. The van der Waals surface area contributed by atoms with Gasteiger partial charge in [-0.15, -0.1) is 15.7 Å². The SMILES string of the molecule is [N-]=[N+]=N.c1cnnnc1. The summed E-state index contributed by atoms with van der Waals surface area (Å²) in [4.78, 5) is 1.75. The Labute approximate surface area is 51.0 Å². The first kappa shape index (κ1) is 7.32. The molecule has 9 heavy (non-hydrogen) atoms. The lowest BCUT2D eigenvalue weighted by Crippen LogP contribution is -1.78. The van der Waals surface area contributed by atoms with E-state index in [4.69, 9.17) is 11.1 Å². The number of nitrogens with zero attached hydrogens (tertiary/aromatic N) is 5. The zero-order valence-electron chi connectivity index (χ0n) is 4.47. The van der Waals surface area contributed by atoms with Crippen molar-refractivity contribution in [1.29, 1.82) is 5.53 Å². The lowest BCUT2D eigenvalue weighted by atomic mass is 10.7. The second-order valence-corrected chi connectivity index (χ2v) is 0.911. The third-order valence-corrected chi connectivity index (χ3v) is 0.409. The molecular weight excluding hydrogens is 120 g/mol. The van der Waals surface area contributed by atoms with Crippen LogP contribution >= 0.6 is 0 Å². The van der Waals surface area contributed by atoms with Crippen molar-refractivity contribution in [3.05, 3.63) is 28.9 Å². The van der Waals surface area contributed by atoms with Crippen LogP contribution in [0, 0.1) is 5.53 Å².